The average molecular weight is 429 g/mol. The maximum atomic E-state index is 11.7. The second kappa shape index (κ2) is 9.96. The predicted octanol–water partition coefficient (Wildman–Crippen LogP) is 3.05. The van der Waals surface area contributed by atoms with E-state index in [1.807, 2.05) is 4.68 Å². The molecular formula is C16H25BrN6OS. The Balaban J connectivity index is 2.14. The number of nitrogens with one attached hydrogen (secondary N) is 2. The van der Waals surface area contributed by atoms with Gasteiger partial charge in [0.1, 0.15) is 5.82 Å². The lowest BCUT2D eigenvalue weighted by molar-refractivity contribution is -0.121. The van der Waals surface area contributed by atoms with Crippen LogP contribution in [0.15, 0.2) is 11.4 Å². The third-order valence-electron chi connectivity index (χ3n) is 3.36. The number of anilines is 1. The number of amides is 1. The zero-order valence-electron chi connectivity index (χ0n) is 14.9. The zero-order valence-corrected chi connectivity index (χ0v) is 17.3. The fourth-order valence-corrected chi connectivity index (χ4v) is 3.14. The molecular weight excluding hydrogens is 404 g/mol. The van der Waals surface area contributed by atoms with Crippen molar-refractivity contribution in [1.82, 2.24) is 25.1 Å². The molecule has 2 heterocycles. The number of aromatic nitrogens is 4. The number of thioether (sulfide) groups is 1. The van der Waals surface area contributed by atoms with E-state index >= 15 is 0 Å². The lowest BCUT2D eigenvalue weighted by Crippen LogP contribution is -2.27. The molecule has 0 atom stereocenters. The summed E-state index contributed by atoms with van der Waals surface area (Å²) in [6, 6.07) is 0.273. The van der Waals surface area contributed by atoms with Gasteiger partial charge in [0.25, 0.3) is 0 Å². The molecule has 0 aromatic carbocycles. The van der Waals surface area contributed by atoms with Crippen molar-refractivity contribution in [3.63, 3.8) is 0 Å². The second-order valence-electron chi connectivity index (χ2n) is 5.83. The normalized spacial score (nSPS) is 11.2. The maximum absolute atomic E-state index is 11.7. The number of nitrogens with zero attached hydrogens (tertiary/aromatic N) is 4. The molecule has 0 fully saturated rings. The predicted molar refractivity (Wildman–Crippen MR) is 107 cm³/mol. The largest absolute Gasteiger partial charge is 0.367 e. The van der Waals surface area contributed by atoms with Crippen LogP contribution in [0.3, 0.4) is 0 Å². The fourth-order valence-electron chi connectivity index (χ4n) is 2.29. The molecule has 0 saturated carbocycles. The van der Waals surface area contributed by atoms with Gasteiger partial charge in [-0.3, -0.25) is 4.79 Å². The smallest absolute Gasteiger partial charge is 0.220 e. The van der Waals surface area contributed by atoms with E-state index in [-0.39, 0.29) is 11.9 Å². The first-order valence-corrected chi connectivity index (χ1v) is 10.6. The van der Waals surface area contributed by atoms with Crippen molar-refractivity contribution < 1.29 is 4.79 Å². The minimum Gasteiger partial charge on any atom is -0.367 e. The Labute approximate surface area is 160 Å². The summed E-state index contributed by atoms with van der Waals surface area (Å²) in [6.45, 7) is 7.34. The van der Waals surface area contributed by atoms with Gasteiger partial charge in [-0.1, -0.05) is 34.6 Å². The van der Waals surface area contributed by atoms with Crippen molar-refractivity contribution in [2.45, 2.75) is 51.4 Å². The molecule has 138 valence electrons. The van der Waals surface area contributed by atoms with Crippen LogP contribution in [0, 0.1) is 0 Å². The minimum absolute atomic E-state index is 0.0647. The van der Waals surface area contributed by atoms with E-state index in [1.54, 1.807) is 18.0 Å². The summed E-state index contributed by atoms with van der Waals surface area (Å²) in [5, 5.41) is 13.2. The molecule has 2 rings (SSSR count). The molecule has 2 N–H and O–H groups in total. The van der Waals surface area contributed by atoms with E-state index in [4.69, 9.17) is 0 Å². The highest BCUT2D eigenvalue weighted by molar-refractivity contribution is 9.09. The molecule has 1 amide bonds. The Morgan fingerprint density at radius 3 is 2.88 bits per heavy atom. The number of carbonyl (C=O) groups excluding carboxylic acids is 1. The summed E-state index contributed by atoms with van der Waals surface area (Å²) in [5.41, 5.74) is 0.795. The Hall–Kier alpha value is -1.35. The Kier molecular flexibility index (Phi) is 7.95. The average Bonchev–Trinajstić information content (AvgIpc) is 2.96. The molecule has 0 aliphatic carbocycles. The van der Waals surface area contributed by atoms with Gasteiger partial charge in [0.15, 0.2) is 10.8 Å². The molecule has 0 unspecified atom stereocenters. The minimum atomic E-state index is 0.0647. The monoisotopic (exact) mass is 428 g/mol. The first-order valence-electron chi connectivity index (χ1n) is 8.50. The van der Waals surface area contributed by atoms with Crippen LogP contribution in [0.2, 0.25) is 0 Å². The van der Waals surface area contributed by atoms with Crippen molar-refractivity contribution in [1.29, 1.82) is 0 Å². The number of halogens is 1. The van der Waals surface area contributed by atoms with Gasteiger partial charge in [-0.25, -0.2) is 14.6 Å². The van der Waals surface area contributed by atoms with Crippen molar-refractivity contribution in [3.05, 3.63) is 6.20 Å². The van der Waals surface area contributed by atoms with Gasteiger partial charge in [-0.05, 0) is 26.0 Å². The quantitative estimate of drug-likeness (QED) is 0.343. The lowest BCUT2D eigenvalue weighted by atomic mass is 10.3. The van der Waals surface area contributed by atoms with Crippen LogP contribution in [-0.4, -0.2) is 49.3 Å². The SMILES string of the molecule is CCSc1nc(NC(C)C)c2cnn(CCNC(=O)CCCBr)c2n1. The van der Waals surface area contributed by atoms with Crippen LogP contribution in [0.1, 0.15) is 33.6 Å². The van der Waals surface area contributed by atoms with Crippen LogP contribution in [0.4, 0.5) is 5.82 Å². The van der Waals surface area contributed by atoms with E-state index in [1.165, 1.54) is 0 Å². The summed E-state index contributed by atoms with van der Waals surface area (Å²) in [5.74, 6) is 1.78. The lowest BCUT2D eigenvalue weighted by Gasteiger charge is -2.11. The Morgan fingerprint density at radius 1 is 1.40 bits per heavy atom. The molecule has 0 aliphatic rings. The molecule has 0 saturated heterocycles. The highest BCUT2D eigenvalue weighted by Gasteiger charge is 2.14. The molecule has 9 heteroatoms. The molecule has 0 spiro atoms. The molecule has 2 aromatic heterocycles. The number of fused-ring (bicyclic) bond motifs is 1. The number of hydrogen-bond acceptors (Lipinski definition) is 6. The number of alkyl halides is 1. The molecule has 0 bridgehead atoms. The third-order valence-corrected chi connectivity index (χ3v) is 4.65. The van der Waals surface area contributed by atoms with Crippen LogP contribution in [-0.2, 0) is 11.3 Å². The summed E-state index contributed by atoms with van der Waals surface area (Å²) < 4.78 is 1.83. The number of carbonyl (C=O) groups is 1. The van der Waals surface area contributed by atoms with Crippen LogP contribution < -0.4 is 10.6 Å². The Bertz CT molecular complexity index is 705. The van der Waals surface area contributed by atoms with Crippen molar-refractivity contribution in [2.24, 2.45) is 0 Å². The van der Waals surface area contributed by atoms with Gasteiger partial charge >= 0.3 is 0 Å². The summed E-state index contributed by atoms with van der Waals surface area (Å²) in [7, 11) is 0. The van der Waals surface area contributed by atoms with Gasteiger partial charge in [-0.2, -0.15) is 5.10 Å². The highest BCUT2D eigenvalue weighted by atomic mass is 79.9. The molecule has 0 aliphatic heterocycles. The van der Waals surface area contributed by atoms with E-state index in [0.717, 1.165) is 39.5 Å². The first-order chi connectivity index (χ1) is 12.0. The highest BCUT2D eigenvalue weighted by Crippen LogP contribution is 2.24. The van der Waals surface area contributed by atoms with Crippen molar-refractivity contribution >= 4 is 50.5 Å². The van der Waals surface area contributed by atoms with Gasteiger partial charge in [0.05, 0.1) is 18.1 Å². The van der Waals surface area contributed by atoms with Gasteiger partial charge in [0, 0.05) is 24.3 Å². The summed E-state index contributed by atoms with van der Waals surface area (Å²) >= 11 is 4.94. The number of hydrogen-bond donors (Lipinski definition) is 2. The first kappa shape index (κ1) is 20.0. The molecule has 0 radical (unpaired) electrons. The Morgan fingerprint density at radius 2 is 2.20 bits per heavy atom. The maximum Gasteiger partial charge on any atom is 0.220 e. The van der Waals surface area contributed by atoms with Crippen LogP contribution in [0.5, 0.6) is 0 Å². The van der Waals surface area contributed by atoms with Gasteiger partial charge in [-0.15, -0.1) is 0 Å². The molecule has 25 heavy (non-hydrogen) atoms. The number of rotatable bonds is 10. The van der Waals surface area contributed by atoms with Crippen LogP contribution >= 0.6 is 27.7 Å². The van der Waals surface area contributed by atoms with E-state index in [2.05, 4.69) is 62.4 Å². The van der Waals surface area contributed by atoms with Gasteiger partial charge in [0.2, 0.25) is 5.91 Å². The standard InChI is InChI=1S/C16H25BrN6OS/c1-4-25-16-21-14(20-11(2)3)12-10-19-23(15(12)22-16)9-8-18-13(24)6-5-7-17/h10-11H,4-9H2,1-3H3,(H,18,24)(H,20,21,22). The summed E-state index contributed by atoms with van der Waals surface area (Å²) in [6.07, 6.45) is 3.16. The van der Waals surface area contributed by atoms with Crippen LogP contribution in [0.25, 0.3) is 11.0 Å². The van der Waals surface area contributed by atoms with Crippen molar-refractivity contribution in [2.75, 3.05) is 22.9 Å². The van der Waals surface area contributed by atoms with E-state index in [0.29, 0.717) is 19.5 Å². The van der Waals surface area contributed by atoms with E-state index in [9.17, 15) is 4.79 Å². The molecule has 2 aromatic rings. The van der Waals surface area contributed by atoms with Gasteiger partial charge < -0.3 is 10.6 Å². The second-order valence-corrected chi connectivity index (χ2v) is 7.86. The third kappa shape index (κ3) is 5.85. The molecule has 7 nitrogen and oxygen atoms in total. The zero-order chi connectivity index (χ0) is 18.2. The van der Waals surface area contributed by atoms with E-state index < -0.39 is 0 Å². The van der Waals surface area contributed by atoms with Crippen molar-refractivity contribution in [3.8, 4) is 0 Å². The fraction of sp³-hybridized carbons (Fsp3) is 0.625. The topological polar surface area (TPSA) is 84.7 Å². The summed E-state index contributed by atoms with van der Waals surface area (Å²) in [4.78, 5) is 20.9.